The van der Waals surface area contributed by atoms with Crippen LogP contribution in [0.4, 0.5) is 0 Å². The molecule has 0 aromatic heterocycles. The number of hydrogen-bond acceptors (Lipinski definition) is 1. The molecule has 1 saturated heterocycles. The topological polar surface area (TPSA) is 29.1 Å². The van der Waals surface area contributed by atoms with E-state index in [9.17, 15) is 4.79 Å². The largest absolute Gasteiger partial charge is 0.347 e. The number of carbonyl (C=O) groups excluding carboxylic acids is 1. The molecule has 88 valence electrons. The van der Waals surface area contributed by atoms with Gasteiger partial charge in [-0.3, -0.25) is 4.79 Å². The lowest BCUT2D eigenvalue weighted by molar-refractivity contribution is -0.119. The number of benzene rings is 1. The van der Waals surface area contributed by atoms with E-state index in [1.54, 1.807) is 0 Å². The maximum Gasteiger partial charge on any atom is 0.220 e. The number of amides is 1. The molecule has 3 rings (SSSR count). The van der Waals surface area contributed by atoms with Gasteiger partial charge >= 0.3 is 0 Å². The minimum Gasteiger partial charge on any atom is -0.347 e. The van der Waals surface area contributed by atoms with E-state index in [1.807, 2.05) is 6.08 Å². The molecule has 1 amide bonds. The van der Waals surface area contributed by atoms with Crippen LogP contribution in [-0.2, 0) is 15.7 Å². The SMILES string of the molecule is C=C[C@@]1(C)C[C@]2(CCC(=O)N2)c2ccccc21. The van der Waals surface area contributed by atoms with Crippen LogP contribution in [0.1, 0.15) is 37.3 Å². The summed E-state index contributed by atoms with van der Waals surface area (Å²) in [5.41, 5.74) is 2.44. The van der Waals surface area contributed by atoms with E-state index in [0.29, 0.717) is 6.42 Å². The van der Waals surface area contributed by atoms with Crippen LogP contribution in [-0.4, -0.2) is 5.91 Å². The van der Waals surface area contributed by atoms with Crippen LogP contribution in [0.5, 0.6) is 0 Å². The second-order valence-corrected chi connectivity index (χ2v) is 5.47. The normalized spacial score (nSPS) is 34.8. The monoisotopic (exact) mass is 227 g/mol. The van der Waals surface area contributed by atoms with Gasteiger partial charge in [-0.25, -0.2) is 0 Å². The number of fused-ring (bicyclic) bond motifs is 2. The van der Waals surface area contributed by atoms with Gasteiger partial charge in [0.1, 0.15) is 0 Å². The number of rotatable bonds is 1. The quantitative estimate of drug-likeness (QED) is 0.734. The molecule has 0 saturated carbocycles. The summed E-state index contributed by atoms with van der Waals surface area (Å²) in [7, 11) is 0. The Labute approximate surface area is 102 Å². The van der Waals surface area contributed by atoms with E-state index in [2.05, 4.69) is 43.1 Å². The van der Waals surface area contributed by atoms with Crippen LogP contribution in [0, 0.1) is 0 Å². The molecule has 0 unspecified atom stereocenters. The summed E-state index contributed by atoms with van der Waals surface area (Å²) in [5, 5.41) is 3.19. The minimum absolute atomic E-state index is 0.0196. The first-order chi connectivity index (χ1) is 8.10. The Morgan fingerprint density at radius 2 is 2.06 bits per heavy atom. The Balaban J connectivity index is 2.18. The first-order valence-electron chi connectivity index (χ1n) is 6.14. The molecule has 2 atom stereocenters. The molecule has 2 heteroatoms. The fourth-order valence-corrected chi connectivity index (χ4v) is 3.45. The van der Waals surface area contributed by atoms with Gasteiger partial charge in [-0.05, 0) is 24.0 Å². The van der Waals surface area contributed by atoms with Crippen molar-refractivity contribution in [3.63, 3.8) is 0 Å². The lowest BCUT2D eigenvalue weighted by atomic mass is 9.82. The third-order valence-electron chi connectivity index (χ3n) is 4.33. The van der Waals surface area contributed by atoms with Crippen LogP contribution in [0.15, 0.2) is 36.9 Å². The highest BCUT2D eigenvalue weighted by atomic mass is 16.2. The van der Waals surface area contributed by atoms with E-state index in [-0.39, 0.29) is 16.9 Å². The Hall–Kier alpha value is -1.57. The van der Waals surface area contributed by atoms with Crippen molar-refractivity contribution in [2.45, 2.75) is 37.1 Å². The third kappa shape index (κ3) is 1.30. The molecule has 1 aliphatic heterocycles. The number of carbonyl (C=O) groups is 1. The number of allylic oxidation sites excluding steroid dienone is 1. The van der Waals surface area contributed by atoms with E-state index >= 15 is 0 Å². The van der Waals surface area contributed by atoms with Gasteiger partial charge in [-0.1, -0.05) is 37.3 Å². The average Bonchev–Trinajstić information content (AvgIpc) is 2.82. The third-order valence-corrected chi connectivity index (χ3v) is 4.33. The van der Waals surface area contributed by atoms with Gasteiger partial charge in [0.2, 0.25) is 5.91 Å². The standard InChI is InChI=1S/C15H17NO/c1-3-14(2)10-15(9-8-13(17)16-15)12-7-5-4-6-11(12)14/h3-7H,1,8-10H2,2H3,(H,16,17)/t14-,15+/m0/s1. The first kappa shape index (κ1) is 10.6. The lowest BCUT2D eigenvalue weighted by Crippen LogP contribution is -2.38. The summed E-state index contributed by atoms with van der Waals surface area (Å²) in [4.78, 5) is 11.6. The fourth-order valence-electron chi connectivity index (χ4n) is 3.45. The second kappa shape index (κ2) is 3.22. The Bertz CT molecular complexity index is 507. The van der Waals surface area contributed by atoms with E-state index in [1.165, 1.54) is 11.1 Å². The summed E-state index contributed by atoms with van der Waals surface area (Å²) in [5.74, 6) is 0.174. The highest BCUT2D eigenvalue weighted by Gasteiger charge is 2.51. The maximum atomic E-state index is 11.6. The highest BCUT2D eigenvalue weighted by Crippen LogP contribution is 2.52. The molecule has 2 aliphatic rings. The zero-order valence-electron chi connectivity index (χ0n) is 10.1. The smallest absolute Gasteiger partial charge is 0.220 e. The van der Waals surface area contributed by atoms with E-state index in [4.69, 9.17) is 0 Å². The van der Waals surface area contributed by atoms with Gasteiger partial charge in [-0.15, -0.1) is 6.58 Å². The summed E-state index contributed by atoms with van der Waals surface area (Å²) in [6.07, 6.45) is 4.51. The van der Waals surface area contributed by atoms with Crippen LogP contribution in [0.25, 0.3) is 0 Å². The zero-order valence-corrected chi connectivity index (χ0v) is 10.1. The summed E-state index contributed by atoms with van der Waals surface area (Å²) < 4.78 is 0. The van der Waals surface area contributed by atoms with Crippen molar-refractivity contribution >= 4 is 5.91 Å². The van der Waals surface area contributed by atoms with Crippen molar-refractivity contribution in [2.75, 3.05) is 0 Å². The molecule has 1 aliphatic carbocycles. The molecular formula is C15H17NO. The van der Waals surface area contributed by atoms with Crippen LogP contribution in [0.2, 0.25) is 0 Å². The Kier molecular flexibility index (Phi) is 2.00. The first-order valence-corrected chi connectivity index (χ1v) is 6.14. The highest BCUT2D eigenvalue weighted by molar-refractivity contribution is 5.80. The minimum atomic E-state index is -0.142. The van der Waals surface area contributed by atoms with Gasteiger partial charge in [0, 0.05) is 11.8 Å². The van der Waals surface area contributed by atoms with Crippen molar-refractivity contribution in [3.8, 4) is 0 Å². The van der Waals surface area contributed by atoms with Crippen molar-refractivity contribution in [3.05, 3.63) is 48.0 Å². The van der Waals surface area contributed by atoms with Crippen LogP contribution >= 0.6 is 0 Å². The molecule has 1 aromatic rings. The lowest BCUT2D eigenvalue weighted by Gasteiger charge is -2.27. The molecule has 1 heterocycles. The molecule has 1 spiro atoms. The Morgan fingerprint density at radius 3 is 2.65 bits per heavy atom. The summed E-state index contributed by atoms with van der Waals surface area (Å²) in [6.45, 7) is 6.18. The van der Waals surface area contributed by atoms with E-state index in [0.717, 1.165) is 12.8 Å². The van der Waals surface area contributed by atoms with Crippen LogP contribution in [0.3, 0.4) is 0 Å². The zero-order chi connectivity index (χ0) is 12.1. The molecule has 1 fully saturated rings. The molecule has 2 nitrogen and oxygen atoms in total. The molecule has 0 radical (unpaired) electrons. The molecule has 17 heavy (non-hydrogen) atoms. The predicted octanol–water partition coefficient (Wildman–Crippen LogP) is 2.64. The van der Waals surface area contributed by atoms with Gasteiger partial charge < -0.3 is 5.32 Å². The van der Waals surface area contributed by atoms with E-state index < -0.39 is 0 Å². The molecule has 1 N–H and O–H groups in total. The second-order valence-electron chi connectivity index (χ2n) is 5.47. The predicted molar refractivity (Wildman–Crippen MR) is 67.7 cm³/mol. The van der Waals surface area contributed by atoms with Gasteiger partial charge in [0.25, 0.3) is 0 Å². The Morgan fingerprint density at radius 1 is 1.35 bits per heavy atom. The van der Waals surface area contributed by atoms with Crippen LogP contribution < -0.4 is 5.32 Å². The van der Waals surface area contributed by atoms with Crippen molar-refractivity contribution in [1.82, 2.24) is 5.32 Å². The number of nitrogens with one attached hydrogen (secondary N) is 1. The summed E-state index contributed by atoms with van der Waals surface area (Å²) in [6, 6.07) is 8.43. The van der Waals surface area contributed by atoms with Crippen molar-refractivity contribution < 1.29 is 4.79 Å². The van der Waals surface area contributed by atoms with Gasteiger partial charge in [0.15, 0.2) is 0 Å². The van der Waals surface area contributed by atoms with Gasteiger partial charge in [-0.2, -0.15) is 0 Å². The molecular weight excluding hydrogens is 210 g/mol. The maximum absolute atomic E-state index is 11.6. The van der Waals surface area contributed by atoms with Crippen molar-refractivity contribution in [1.29, 1.82) is 0 Å². The van der Waals surface area contributed by atoms with Crippen molar-refractivity contribution in [2.24, 2.45) is 0 Å². The van der Waals surface area contributed by atoms with Gasteiger partial charge in [0.05, 0.1) is 5.54 Å². The molecule has 1 aromatic carbocycles. The summed E-state index contributed by atoms with van der Waals surface area (Å²) >= 11 is 0. The number of hydrogen-bond donors (Lipinski definition) is 1. The fraction of sp³-hybridized carbons (Fsp3) is 0.400. The molecule has 0 bridgehead atoms. The average molecular weight is 227 g/mol.